The normalized spacial score (nSPS) is 11.2. The number of carboxylic acids is 1. The van der Waals surface area contributed by atoms with E-state index in [9.17, 15) is 23.5 Å². The van der Waals surface area contributed by atoms with Gasteiger partial charge in [0, 0.05) is 22.6 Å². The van der Waals surface area contributed by atoms with Crippen molar-refractivity contribution in [1.82, 2.24) is 0 Å². The first-order valence-electron chi connectivity index (χ1n) is 7.64. The molecule has 0 saturated heterocycles. The Bertz CT molecular complexity index is 1210. The van der Waals surface area contributed by atoms with Crippen LogP contribution >= 0.6 is 0 Å². The Morgan fingerprint density at radius 1 is 0.962 bits per heavy atom. The Balaban J connectivity index is 2.25. The predicted octanol–water partition coefficient (Wildman–Crippen LogP) is 4.54. The minimum atomic E-state index is -1.18. The van der Waals surface area contributed by atoms with Crippen LogP contribution in [0.1, 0.15) is 10.4 Å². The topological polar surface area (TPSA) is 67.5 Å². The molecule has 6 heteroatoms. The quantitative estimate of drug-likeness (QED) is 0.538. The van der Waals surface area contributed by atoms with E-state index in [2.05, 4.69) is 0 Å². The third kappa shape index (κ3) is 2.43. The molecule has 128 valence electrons. The highest BCUT2D eigenvalue weighted by Gasteiger charge is 2.22. The van der Waals surface area contributed by atoms with E-state index in [4.69, 9.17) is 4.42 Å². The van der Waals surface area contributed by atoms with Crippen LogP contribution in [0.15, 0.2) is 63.8 Å². The van der Waals surface area contributed by atoms with Crippen molar-refractivity contribution in [3.8, 4) is 22.5 Å². The number of benzene rings is 3. The molecule has 4 nitrogen and oxygen atoms in total. The van der Waals surface area contributed by atoms with E-state index < -0.39 is 23.0 Å². The van der Waals surface area contributed by atoms with Crippen molar-refractivity contribution >= 4 is 16.9 Å². The second-order valence-electron chi connectivity index (χ2n) is 5.75. The van der Waals surface area contributed by atoms with Crippen LogP contribution in [0, 0.1) is 11.6 Å². The second kappa shape index (κ2) is 5.77. The molecule has 1 heterocycles. The fourth-order valence-electron chi connectivity index (χ4n) is 3.04. The van der Waals surface area contributed by atoms with Gasteiger partial charge >= 0.3 is 5.97 Å². The molecule has 0 spiro atoms. The molecule has 0 amide bonds. The van der Waals surface area contributed by atoms with E-state index >= 15 is 0 Å². The number of carbonyl (C=O) groups is 1. The first-order valence-corrected chi connectivity index (χ1v) is 7.64. The van der Waals surface area contributed by atoms with Crippen molar-refractivity contribution in [2.24, 2.45) is 0 Å². The molecule has 26 heavy (non-hydrogen) atoms. The molecule has 1 N–H and O–H groups in total. The summed E-state index contributed by atoms with van der Waals surface area (Å²) >= 11 is 0. The number of halogens is 2. The highest BCUT2D eigenvalue weighted by Crippen LogP contribution is 2.41. The van der Waals surface area contributed by atoms with Crippen molar-refractivity contribution in [1.29, 1.82) is 0 Å². The van der Waals surface area contributed by atoms with E-state index in [1.807, 2.05) is 0 Å². The molecule has 0 bridgehead atoms. The number of rotatable bonds is 2. The molecular formula is C20H10F2O4. The lowest BCUT2D eigenvalue weighted by molar-refractivity contribution is 0.0697. The Hall–Kier alpha value is -3.54. The van der Waals surface area contributed by atoms with Crippen LogP contribution in [0.5, 0.6) is 0 Å². The molecule has 4 rings (SSSR count). The Labute approximate surface area is 145 Å². The van der Waals surface area contributed by atoms with Crippen LogP contribution in [-0.2, 0) is 0 Å². The van der Waals surface area contributed by atoms with E-state index in [-0.39, 0.29) is 39.0 Å². The van der Waals surface area contributed by atoms with Gasteiger partial charge in [0.2, 0.25) is 5.43 Å². The number of aromatic carboxylic acids is 1. The highest BCUT2D eigenvalue weighted by molar-refractivity contribution is 6.07. The summed E-state index contributed by atoms with van der Waals surface area (Å²) in [6.45, 7) is 0. The van der Waals surface area contributed by atoms with Crippen LogP contribution in [0.2, 0.25) is 0 Å². The largest absolute Gasteiger partial charge is 0.478 e. The van der Waals surface area contributed by atoms with Gasteiger partial charge in [-0.1, -0.05) is 18.2 Å². The zero-order chi connectivity index (χ0) is 18.4. The summed E-state index contributed by atoms with van der Waals surface area (Å²) in [5.74, 6) is -2.65. The number of fused-ring (bicyclic) bond motifs is 2. The van der Waals surface area contributed by atoms with Gasteiger partial charge in [-0.15, -0.1) is 0 Å². The molecule has 0 radical (unpaired) electrons. The van der Waals surface area contributed by atoms with Gasteiger partial charge < -0.3 is 9.52 Å². The summed E-state index contributed by atoms with van der Waals surface area (Å²) in [6.07, 6.45) is 0. The molecule has 0 saturated carbocycles. The van der Waals surface area contributed by atoms with Gasteiger partial charge in [0.25, 0.3) is 0 Å². The van der Waals surface area contributed by atoms with Gasteiger partial charge in [-0.05, 0) is 35.9 Å². The predicted molar refractivity (Wildman–Crippen MR) is 91.4 cm³/mol. The fourth-order valence-corrected chi connectivity index (χ4v) is 3.04. The van der Waals surface area contributed by atoms with E-state index in [1.165, 1.54) is 24.3 Å². The molecule has 0 unspecified atom stereocenters. The van der Waals surface area contributed by atoms with Crippen LogP contribution in [0.3, 0.4) is 0 Å². The van der Waals surface area contributed by atoms with Gasteiger partial charge in [0.05, 0.1) is 5.56 Å². The highest BCUT2D eigenvalue weighted by atomic mass is 19.1. The van der Waals surface area contributed by atoms with Gasteiger partial charge in [0.15, 0.2) is 5.82 Å². The van der Waals surface area contributed by atoms with E-state index in [1.54, 1.807) is 18.2 Å². The van der Waals surface area contributed by atoms with E-state index in [0.717, 1.165) is 12.1 Å². The smallest absolute Gasteiger partial charge is 0.336 e. The van der Waals surface area contributed by atoms with Crippen LogP contribution in [0.25, 0.3) is 33.4 Å². The molecule has 1 aliphatic carbocycles. The summed E-state index contributed by atoms with van der Waals surface area (Å²) < 4.78 is 33.4. The number of carboxylic acid groups (broad SMARTS) is 1. The molecule has 0 atom stereocenters. The maximum Gasteiger partial charge on any atom is 0.336 e. The minimum Gasteiger partial charge on any atom is -0.478 e. The number of hydrogen-bond donors (Lipinski definition) is 1. The Kier molecular flexibility index (Phi) is 3.54. The molecule has 0 aromatic heterocycles. The molecule has 0 fully saturated rings. The van der Waals surface area contributed by atoms with Gasteiger partial charge in [-0.25, -0.2) is 13.6 Å². The summed E-state index contributed by atoms with van der Waals surface area (Å²) in [5.41, 5.74) is 0.124. The van der Waals surface area contributed by atoms with E-state index in [0.29, 0.717) is 0 Å². The molecule has 2 aromatic carbocycles. The molecular weight excluding hydrogens is 342 g/mol. The molecule has 2 aromatic rings. The first-order chi connectivity index (χ1) is 12.5. The van der Waals surface area contributed by atoms with Gasteiger partial charge in [0.1, 0.15) is 17.2 Å². The summed E-state index contributed by atoms with van der Waals surface area (Å²) in [7, 11) is 0. The SMILES string of the molecule is O=C(O)c1ccccc1-c1c2cc(F)c(=O)cc-2oc2ccc(F)cc12. The number of hydrogen-bond acceptors (Lipinski definition) is 3. The van der Waals surface area contributed by atoms with Crippen molar-refractivity contribution in [3.05, 3.63) is 82.0 Å². The maximum absolute atomic E-state index is 13.9. The van der Waals surface area contributed by atoms with Gasteiger partial charge in [-0.2, -0.15) is 0 Å². The molecule has 1 aliphatic heterocycles. The zero-order valence-corrected chi connectivity index (χ0v) is 13.1. The Morgan fingerprint density at radius 2 is 1.73 bits per heavy atom. The first kappa shape index (κ1) is 16.0. The summed E-state index contributed by atoms with van der Waals surface area (Å²) in [6, 6.07) is 11.9. The maximum atomic E-state index is 13.9. The third-order valence-corrected chi connectivity index (χ3v) is 4.16. The van der Waals surface area contributed by atoms with Crippen LogP contribution in [-0.4, -0.2) is 11.1 Å². The van der Waals surface area contributed by atoms with Crippen molar-refractivity contribution in [3.63, 3.8) is 0 Å². The standard InChI is InChI=1S/C20H10F2O4/c21-10-5-6-17-13(7-10)19(11-3-1-2-4-12(11)20(24)25)14-8-15(22)16(23)9-18(14)26-17/h1-9H,(H,24,25). The lowest BCUT2D eigenvalue weighted by Crippen LogP contribution is -2.07. The summed E-state index contributed by atoms with van der Waals surface area (Å²) in [5, 5.41) is 9.78. The average Bonchev–Trinajstić information content (AvgIpc) is 2.61. The minimum absolute atomic E-state index is 0.0304. The average molecular weight is 352 g/mol. The lowest BCUT2D eigenvalue weighted by atomic mass is 9.91. The Morgan fingerprint density at radius 3 is 2.50 bits per heavy atom. The van der Waals surface area contributed by atoms with Crippen molar-refractivity contribution in [2.45, 2.75) is 0 Å². The monoisotopic (exact) mass is 352 g/mol. The van der Waals surface area contributed by atoms with Crippen molar-refractivity contribution < 1.29 is 23.1 Å². The summed E-state index contributed by atoms with van der Waals surface area (Å²) in [4.78, 5) is 23.3. The molecule has 2 aliphatic rings. The lowest BCUT2D eigenvalue weighted by Gasteiger charge is -2.16. The van der Waals surface area contributed by atoms with Crippen molar-refractivity contribution in [2.75, 3.05) is 0 Å². The fraction of sp³-hybridized carbons (Fsp3) is 0. The van der Waals surface area contributed by atoms with Crippen LogP contribution in [0.4, 0.5) is 8.78 Å². The van der Waals surface area contributed by atoms with Crippen LogP contribution < -0.4 is 5.43 Å². The third-order valence-electron chi connectivity index (χ3n) is 4.16. The zero-order valence-electron chi connectivity index (χ0n) is 13.1. The van der Waals surface area contributed by atoms with Gasteiger partial charge in [-0.3, -0.25) is 4.79 Å². The second-order valence-corrected chi connectivity index (χ2v) is 5.75.